The summed E-state index contributed by atoms with van der Waals surface area (Å²) in [5.74, 6) is -0.320. The average molecular weight is 1010 g/mol. The van der Waals surface area contributed by atoms with Gasteiger partial charge in [0, 0.05) is 44.8 Å². The Hall–Kier alpha value is -7.85. The van der Waals surface area contributed by atoms with Crippen LogP contribution >= 0.6 is 22.7 Å². The maximum atomic E-state index is 14.1. The minimum atomic E-state index is -0.938. The van der Waals surface area contributed by atoms with Crippen molar-refractivity contribution >= 4 is 67.0 Å². The molecule has 73 heavy (non-hydrogen) atoms. The molecule has 4 fully saturated rings. The van der Waals surface area contributed by atoms with E-state index in [9.17, 15) is 24.4 Å². The van der Waals surface area contributed by atoms with Gasteiger partial charge >= 0.3 is 12.1 Å². The Bertz CT molecular complexity index is 3350. The zero-order valence-corrected chi connectivity index (χ0v) is 42.0. The summed E-state index contributed by atoms with van der Waals surface area (Å²) in [6.07, 6.45) is 2.23. The van der Waals surface area contributed by atoms with Gasteiger partial charge in [-0.1, -0.05) is 48.5 Å². The van der Waals surface area contributed by atoms with Gasteiger partial charge in [0.1, 0.15) is 11.1 Å². The van der Waals surface area contributed by atoms with Crippen LogP contribution in [0, 0.1) is 34.0 Å². The number of hydrogen-bond donors (Lipinski definition) is 1. The summed E-state index contributed by atoms with van der Waals surface area (Å²) in [5, 5.41) is 30.3. The number of imide groups is 2. The Morgan fingerprint density at radius 2 is 0.986 bits per heavy atom. The van der Waals surface area contributed by atoms with Crippen LogP contribution in [0.1, 0.15) is 96.1 Å². The molecule has 2 aromatic heterocycles. The highest BCUT2D eigenvalue weighted by molar-refractivity contribution is 7.17. The number of nitriles is 3. The maximum absolute atomic E-state index is 14.1. The van der Waals surface area contributed by atoms with Gasteiger partial charge in [0.05, 0.1) is 79.4 Å². The van der Waals surface area contributed by atoms with E-state index in [1.54, 1.807) is 88.2 Å². The largest absolute Gasteiger partial charge is 0.328 e. The highest BCUT2D eigenvalue weighted by atomic mass is 32.1. The molecule has 0 saturated carbocycles. The molecule has 4 saturated heterocycles. The number of benzene rings is 5. The molecule has 366 valence electrons. The van der Waals surface area contributed by atoms with Crippen molar-refractivity contribution in [1.82, 2.24) is 39.8 Å². The molecule has 15 nitrogen and oxygen atoms in total. The van der Waals surface area contributed by atoms with Crippen LogP contribution in [0.4, 0.5) is 9.59 Å². The number of fused-ring (bicyclic) bond motifs is 2. The fourth-order valence-corrected chi connectivity index (χ4v) is 12.0. The molecule has 17 heteroatoms. The second-order valence-corrected chi connectivity index (χ2v) is 21.0. The minimum Gasteiger partial charge on any atom is -0.323 e. The summed E-state index contributed by atoms with van der Waals surface area (Å²) < 4.78 is 2.34. The molecule has 5 aromatic carbocycles. The number of likely N-dealkylation sites (tertiary alicyclic amines) is 2. The van der Waals surface area contributed by atoms with Gasteiger partial charge in [-0.25, -0.2) is 19.6 Å². The van der Waals surface area contributed by atoms with E-state index < -0.39 is 11.1 Å². The first-order valence-corrected chi connectivity index (χ1v) is 26.1. The molecule has 7 aromatic rings. The van der Waals surface area contributed by atoms with E-state index in [-0.39, 0.29) is 55.6 Å². The van der Waals surface area contributed by atoms with Crippen LogP contribution in [0.3, 0.4) is 0 Å². The van der Waals surface area contributed by atoms with Crippen LogP contribution < -0.4 is 5.32 Å². The first-order valence-electron chi connectivity index (χ1n) is 24.3. The highest BCUT2D eigenvalue weighted by Gasteiger charge is 2.58. The van der Waals surface area contributed by atoms with Crippen molar-refractivity contribution in [1.29, 1.82) is 15.8 Å². The van der Waals surface area contributed by atoms with Crippen molar-refractivity contribution in [2.45, 2.75) is 82.3 Å². The number of thiazole rings is 2. The van der Waals surface area contributed by atoms with Crippen molar-refractivity contribution in [2.24, 2.45) is 0 Å². The number of amides is 6. The van der Waals surface area contributed by atoms with Gasteiger partial charge in [-0.15, -0.1) is 22.7 Å². The number of carbonyl (C=O) groups is 4. The van der Waals surface area contributed by atoms with E-state index in [2.05, 4.69) is 93.5 Å². The van der Waals surface area contributed by atoms with Crippen LogP contribution in [0.2, 0.25) is 0 Å². The van der Waals surface area contributed by atoms with Gasteiger partial charge in [-0.2, -0.15) is 15.8 Å². The number of nitrogens with zero attached hydrogens (tertiary/aromatic N) is 10. The third kappa shape index (κ3) is 9.54. The topological polar surface area (TPSA) is 194 Å². The SMILES string of the molecule is CC(c1ccc2scnc2c1)N1CCC2(CC1)C(=O)N(Cc1ccc(C#N)cc1)C(=O)N2Cc1ccc(C#N)cc1.CC(c1ccc2scnc2c1)N1CCC2(CC1)NC(=O)N(Cc1ccc(C#N)cc1)C2=O. The third-order valence-corrected chi connectivity index (χ3v) is 16.8. The monoisotopic (exact) mass is 1010 g/mol. The Morgan fingerprint density at radius 3 is 1.44 bits per heavy atom. The lowest BCUT2D eigenvalue weighted by atomic mass is 9.84. The smallest absolute Gasteiger partial charge is 0.323 e. The fraction of sp³-hybridized carbons (Fsp3) is 0.304. The van der Waals surface area contributed by atoms with E-state index in [1.807, 2.05) is 23.2 Å². The van der Waals surface area contributed by atoms with Gasteiger partial charge in [0.2, 0.25) is 0 Å². The summed E-state index contributed by atoms with van der Waals surface area (Å²) in [6.45, 7) is 7.81. The highest BCUT2D eigenvalue weighted by Crippen LogP contribution is 2.42. The van der Waals surface area contributed by atoms with Gasteiger partial charge in [-0.3, -0.25) is 29.2 Å². The number of rotatable bonds is 10. The first-order chi connectivity index (χ1) is 35.4. The summed E-state index contributed by atoms with van der Waals surface area (Å²) in [7, 11) is 0. The maximum Gasteiger partial charge on any atom is 0.328 e. The summed E-state index contributed by atoms with van der Waals surface area (Å²) in [4.78, 5) is 71.9. The summed E-state index contributed by atoms with van der Waals surface area (Å²) in [5.41, 5.74) is 10.5. The Kier molecular flexibility index (Phi) is 13.6. The first kappa shape index (κ1) is 48.8. The molecule has 2 atom stereocenters. The quantitative estimate of drug-likeness (QED) is 0.128. The van der Waals surface area contributed by atoms with E-state index in [0.29, 0.717) is 55.5 Å². The lowest BCUT2D eigenvalue weighted by Crippen LogP contribution is -2.56. The van der Waals surface area contributed by atoms with Gasteiger partial charge in [0.15, 0.2) is 0 Å². The molecule has 4 aliphatic rings. The van der Waals surface area contributed by atoms with Crippen LogP contribution in [-0.2, 0) is 29.2 Å². The molecular formula is C56H51N11O4S2. The van der Waals surface area contributed by atoms with Gasteiger partial charge in [-0.05, 0) is 128 Å². The lowest BCUT2D eigenvalue weighted by Gasteiger charge is -2.44. The number of carbonyl (C=O) groups excluding carboxylic acids is 4. The average Bonchev–Trinajstić information content (AvgIpc) is 4.20. The molecule has 0 aliphatic carbocycles. The molecule has 1 N–H and O–H groups in total. The normalized spacial score (nSPS) is 18.4. The number of nitrogens with one attached hydrogen (secondary N) is 1. The van der Waals surface area contributed by atoms with E-state index in [0.717, 1.165) is 45.5 Å². The van der Waals surface area contributed by atoms with E-state index in [1.165, 1.54) is 25.6 Å². The standard InChI is InChI=1S/C32H28N6O2S.C24H23N5O2S/c1-22(27-10-11-29-28(16-27)35-21-41-29)36-14-12-32(13-15-36)30(39)37(19-25-6-2-23(17-33)3-7-25)31(40)38(32)20-26-8-4-24(18-34)5-9-26;1-16(19-6-7-21-20(12-19)26-15-32-21)28-10-8-24(9-11-28)22(30)29(23(31)27-24)14-18-4-2-17(13-25)3-5-18/h2-11,16,21-22H,12-15,19-20H2,1H3;2-7,12,15-16H,8-11,14H2,1H3,(H,27,31). The molecular weight excluding hydrogens is 955 g/mol. The minimum absolute atomic E-state index is 0.146. The van der Waals surface area contributed by atoms with Crippen molar-refractivity contribution < 1.29 is 19.2 Å². The molecule has 0 radical (unpaired) electrons. The molecule has 4 aliphatic heterocycles. The van der Waals surface area contributed by atoms with Crippen molar-refractivity contribution in [3.05, 3.63) is 165 Å². The Labute approximate surface area is 431 Å². The lowest BCUT2D eigenvalue weighted by molar-refractivity contribution is -0.136. The van der Waals surface area contributed by atoms with Crippen LogP contribution in [0.5, 0.6) is 0 Å². The fourth-order valence-electron chi connectivity index (χ4n) is 10.7. The van der Waals surface area contributed by atoms with Crippen LogP contribution in [0.25, 0.3) is 20.4 Å². The van der Waals surface area contributed by atoms with Crippen molar-refractivity contribution in [2.75, 3.05) is 26.2 Å². The van der Waals surface area contributed by atoms with Gasteiger partial charge in [0.25, 0.3) is 11.8 Å². The number of aromatic nitrogens is 2. The molecule has 0 bridgehead atoms. The molecule has 2 spiro atoms. The Morgan fingerprint density at radius 1 is 0.562 bits per heavy atom. The van der Waals surface area contributed by atoms with Crippen LogP contribution in [-0.4, -0.2) is 95.6 Å². The van der Waals surface area contributed by atoms with E-state index in [4.69, 9.17) is 10.5 Å². The second-order valence-electron chi connectivity index (χ2n) is 19.2. The molecule has 11 rings (SSSR count). The number of hydrogen-bond acceptors (Lipinski definition) is 13. The summed E-state index contributed by atoms with van der Waals surface area (Å²) in [6, 6.07) is 40.0. The Balaban J connectivity index is 0.000000173. The third-order valence-electron chi connectivity index (χ3n) is 15.2. The van der Waals surface area contributed by atoms with Gasteiger partial charge < -0.3 is 10.2 Å². The van der Waals surface area contributed by atoms with Crippen molar-refractivity contribution in [3.8, 4) is 18.2 Å². The van der Waals surface area contributed by atoms with Crippen molar-refractivity contribution in [3.63, 3.8) is 0 Å². The summed E-state index contributed by atoms with van der Waals surface area (Å²) >= 11 is 3.26. The molecule has 6 amide bonds. The molecule has 6 heterocycles. The second kappa shape index (κ2) is 20.3. The zero-order chi connectivity index (χ0) is 50.9. The van der Waals surface area contributed by atoms with E-state index >= 15 is 0 Å². The number of urea groups is 2. The van der Waals surface area contributed by atoms with Crippen LogP contribution in [0.15, 0.2) is 120 Å². The molecule has 2 unspecified atom stereocenters. The zero-order valence-electron chi connectivity index (χ0n) is 40.4. The predicted octanol–water partition coefficient (Wildman–Crippen LogP) is 9.42. The number of piperidine rings is 2. The predicted molar refractivity (Wildman–Crippen MR) is 277 cm³/mol.